The van der Waals surface area contributed by atoms with Crippen molar-refractivity contribution in [1.82, 2.24) is 9.97 Å². The highest BCUT2D eigenvalue weighted by Gasteiger charge is 2.03. The number of rotatable bonds is 7. The average molecular weight is 343 g/mol. The van der Waals surface area contributed by atoms with Gasteiger partial charge >= 0.3 is 0 Å². The lowest BCUT2D eigenvalue weighted by molar-refractivity contribution is 0.518. The molecule has 6 heteroatoms. The van der Waals surface area contributed by atoms with Crippen LogP contribution in [0.3, 0.4) is 0 Å². The third kappa shape index (κ3) is 4.73. The van der Waals surface area contributed by atoms with Gasteiger partial charge < -0.3 is 15.1 Å². The summed E-state index contributed by atoms with van der Waals surface area (Å²) in [7, 11) is 0. The number of nitrogens with zero attached hydrogens (tertiary/aromatic N) is 2. The molecule has 1 aromatic carbocycles. The van der Waals surface area contributed by atoms with E-state index in [1.165, 1.54) is 5.56 Å². The summed E-state index contributed by atoms with van der Waals surface area (Å²) in [4.78, 5) is 8.81. The van der Waals surface area contributed by atoms with E-state index in [9.17, 15) is 0 Å². The summed E-state index contributed by atoms with van der Waals surface area (Å²) in [5.41, 5.74) is 1.23. The first-order valence-corrected chi connectivity index (χ1v) is 8.17. The Labute approximate surface area is 146 Å². The summed E-state index contributed by atoms with van der Waals surface area (Å²) in [6, 6.07) is 13.6. The Balaban J connectivity index is 1.55. The Hall–Kier alpha value is -2.53. The molecule has 2 heterocycles. The van der Waals surface area contributed by atoms with Crippen LogP contribution in [-0.2, 0) is 13.0 Å². The van der Waals surface area contributed by atoms with Crippen LogP contribution in [0.4, 0.5) is 11.6 Å². The number of anilines is 2. The number of halogens is 1. The van der Waals surface area contributed by atoms with Crippen LogP contribution in [-0.4, -0.2) is 16.5 Å². The zero-order valence-corrected chi connectivity index (χ0v) is 14.2. The van der Waals surface area contributed by atoms with Gasteiger partial charge in [-0.1, -0.05) is 23.7 Å². The molecule has 5 nitrogen and oxygen atoms in total. The zero-order chi connectivity index (χ0) is 16.8. The minimum atomic E-state index is 0.591. The molecule has 24 heavy (non-hydrogen) atoms. The van der Waals surface area contributed by atoms with Crippen LogP contribution in [0.15, 0.2) is 53.1 Å². The van der Waals surface area contributed by atoms with Gasteiger partial charge in [-0.25, -0.2) is 9.97 Å². The number of nitrogens with one attached hydrogen (secondary N) is 2. The monoisotopic (exact) mass is 342 g/mol. The first-order chi connectivity index (χ1) is 11.7. The highest BCUT2D eigenvalue weighted by Crippen LogP contribution is 2.14. The average Bonchev–Trinajstić information content (AvgIpc) is 3.08. The summed E-state index contributed by atoms with van der Waals surface area (Å²) >= 11 is 5.90. The van der Waals surface area contributed by atoms with Crippen molar-refractivity contribution in [3.8, 4) is 0 Å². The van der Waals surface area contributed by atoms with E-state index in [1.54, 1.807) is 6.26 Å². The van der Waals surface area contributed by atoms with Gasteiger partial charge in [0, 0.05) is 17.6 Å². The van der Waals surface area contributed by atoms with Crippen LogP contribution in [0.5, 0.6) is 0 Å². The molecule has 0 unspecified atom stereocenters. The lowest BCUT2D eigenvalue weighted by Crippen LogP contribution is -2.09. The number of benzene rings is 1. The highest BCUT2D eigenvalue weighted by atomic mass is 35.5. The molecular formula is C18H19ClN4O. The zero-order valence-electron chi connectivity index (χ0n) is 13.4. The molecular weight excluding hydrogens is 324 g/mol. The lowest BCUT2D eigenvalue weighted by atomic mass is 10.1. The minimum Gasteiger partial charge on any atom is -0.467 e. The summed E-state index contributed by atoms with van der Waals surface area (Å²) < 4.78 is 5.31. The predicted molar refractivity (Wildman–Crippen MR) is 96.4 cm³/mol. The molecule has 3 rings (SSSR count). The van der Waals surface area contributed by atoms with Gasteiger partial charge in [0.25, 0.3) is 0 Å². The van der Waals surface area contributed by atoms with Crippen molar-refractivity contribution in [3.63, 3.8) is 0 Å². The van der Waals surface area contributed by atoms with Gasteiger partial charge in [-0.05, 0) is 43.2 Å². The second-order valence-corrected chi connectivity index (χ2v) is 5.86. The maximum Gasteiger partial charge on any atom is 0.132 e. The summed E-state index contributed by atoms with van der Waals surface area (Å²) in [6.07, 6.45) is 2.56. The van der Waals surface area contributed by atoms with Crippen LogP contribution in [0.25, 0.3) is 0 Å². The fourth-order valence-electron chi connectivity index (χ4n) is 2.33. The molecule has 3 aromatic rings. The Kier molecular flexibility index (Phi) is 5.33. The first-order valence-electron chi connectivity index (χ1n) is 7.79. The number of aryl methyl sites for hydroxylation is 1. The standard InChI is InChI=1S/C18H19ClN4O/c1-13-22-17(20-9-8-14-4-6-15(19)7-5-14)11-18(23-13)21-12-16-3-2-10-24-16/h2-7,10-11H,8-9,12H2,1H3,(H2,20,21,22,23). The first kappa shape index (κ1) is 16.3. The molecule has 0 saturated heterocycles. The van der Waals surface area contributed by atoms with Crippen LogP contribution < -0.4 is 10.6 Å². The fraction of sp³-hybridized carbons (Fsp3) is 0.222. The van der Waals surface area contributed by atoms with Crippen LogP contribution in [0.1, 0.15) is 17.1 Å². The fourth-order valence-corrected chi connectivity index (χ4v) is 2.45. The second kappa shape index (κ2) is 7.84. The van der Waals surface area contributed by atoms with Gasteiger partial charge in [0.2, 0.25) is 0 Å². The van der Waals surface area contributed by atoms with E-state index >= 15 is 0 Å². The van der Waals surface area contributed by atoms with E-state index in [1.807, 2.05) is 49.4 Å². The van der Waals surface area contributed by atoms with Gasteiger partial charge in [-0.3, -0.25) is 0 Å². The van der Waals surface area contributed by atoms with Gasteiger partial charge in [0.05, 0.1) is 12.8 Å². The third-order valence-corrected chi connectivity index (χ3v) is 3.75. The molecule has 0 bridgehead atoms. The molecule has 0 aliphatic rings. The molecule has 0 aliphatic carbocycles. The Morgan fingerprint density at radius 2 is 1.79 bits per heavy atom. The van der Waals surface area contributed by atoms with E-state index in [4.69, 9.17) is 16.0 Å². The maximum atomic E-state index is 5.90. The van der Waals surface area contributed by atoms with Crippen molar-refractivity contribution in [2.75, 3.05) is 17.2 Å². The summed E-state index contributed by atoms with van der Waals surface area (Å²) in [5, 5.41) is 7.33. The van der Waals surface area contributed by atoms with Gasteiger partial charge in [-0.2, -0.15) is 0 Å². The molecule has 0 atom stereocenters. The normalized spacial score (nSPS) is 10.6. The maximum absolute atomic E-state index is 5.90. The molecule has 0 spiro atoms. The number of hydrogen-bond donors (Lipinski definition) is 2. The number of hydrogen-bond acceptors (Lipinski definition) is 5. The molecule has 0 saturated carbocycles. The summed E-state index contributed by atoms with van der Waals surface area (Å²) in [5.74, 6) is 3.16. The molecule has 0 aliphatic heterocycles. The van der Waals surface area contributed by atoms with Crippen molar-refractivity contribution in [3.05, 3.63) is 70.9 Å². The second-order valence-electron chi connectivity index (χ2n) is 5.42. The topological polar surface area (TPSA) is 63.0 Å². The molecule has 2 N–H and O–H groups in total. The van der Waals surface area contributed by atoms with E-state index in [0.717, 1.165) is 35.4 Å². The molecule has 2 aromatic heterocycles. The predicted octanol–water partition coefficient (Wildman–Crippen LogP) is 4.30. The SMILES string of the molecule is Cc1nc(NCCc2ccc(Cl)cc2)cc(NCc2ccco2)n1. The van der Waals surface area contributed by atoms with Crippen molar-refractivity contribution in [2.45, 2.75) is 19.9 Å². The van der Waals surface area contributed by atoms with Crippen molar-refractivity contribution in [2.24, 2.45) is 0 Å². The highest BCUT2D eigenvalue weighted by molar-refractivity contribution is 6.30. The largest absolute Gasteiger partial charge is 0.467 e. The van der Waals surface area contributed by atoms with E-state index in [2.05, 4.69) is 20.6 Å². The van der Waals surface area contributed by atoms with Gasteiger partial charge in [0.1, 0.15) is 23.2 Å². The Morgan fingerprint density at radius 3 is 2.50 bits per heavy atom. The minimum absolute atomic E-state index is 0.591. The van der Waals surface area contributed by atoms with Crippen LogP contribution in [0, 0.1) is 6.92 Å². The number of aromatic nitrogens is 2. The van der Waals surface area contributed by atoms with Crippen molar-refractivity contribution < 1.29 is 4.42 Å². The lowest BCUT2D eigenvalue weighted by Gasteiger charge is -2.10. The van der Waals surface area contributed by atoms with Crippen molar-refractivity contribution >= 4 is 23.2 Å². The van der Waals surface area contributed by atoms with E-state index in [0.29, 0.717) is 12.4 Å². The van der Waals surface area contributed by atoms with E-state index in [-0.39, 0.29) is 0 Å². The van der Waals surface area contributed by atoms with Crippen LogP contribution in [0.2, 0.25) is 5.02 Å². The smallest absolute Gasteiger partial charge is 0.132 e. The Morgan fingerprint density at radius 1 is 1.04 bits per heavy atom. The Bertz CT molecular complexity index is 772. The molecule has 0 amide bonds. The molecule has 124 valence electrons. The summed E-state index contributed by atoms with van der Waals surface area (Å²) in [6.45, 7) is 3.26. The van der Waals surface area contributed by atoms with E-state index < -0.39 is 0 Å². The van der Waals surface area contributed by atoms with Crippen molar-refractivity contribution in [1.29, 1.82) is 0 Å². The van der Waals surface area contributed by atoms with Crippen LogP contribution >= 0.6 is 11.6 Å². The molecule has 0 radical (unpaired) electrons. The number of furan rings is 1. The van der Waals surface area contributed by atoms with Gasteiger partial charge in [-0.15, -0.1) is 0 Å². The van der Waals surface area contributed by atoms with Gasteiger partial charge in [0.15, 0.2) is 0 Å². The molecule has 0 fully saturated rings. The third-order valence-electron chi connectivity index (χ3n) is 3.49. The quantitative estimate of drug-likeness (QED) is 0.670.